The summed E-state index contributed by atoms with van der Waals surface area (Å²) in [5, 5.41) is 0. The second-order valence-corrected chi connectivity index (χ2v) is 9.38. The molecule has 0 aromatic carbocycles. The third kappa shape index (κ3) is 4.18. The van der Waals surface area contributed by atoms with Gasteiger partial charge in [-0.2, -0.15) is 4.31 Å². The Morgan fingerprint density at radius 3 is 2.45 bits per heavy atom. The molecule has 0 spiro atoms. The summed E-state index contributed by atoms with van der Waals surface area (Å²) in [6.45, 7) is 4.89. The average Bonchev–Trinajstić information content (AvgIpc) is 2.70. The molecule has 0 aliphatic rings. The van der Waals surface area contributed by atoms with Crippen LogP contribution < -0.4 is 0 Å². The molecular formula is C12H20BrClN2O2S2. The monoisotopic (exact) mass is 402 g/mol. The highest BCUT2D eigenvalue weighted by molar-refractivity contribution is 9.11. The molecule has 0 amide bonds. The minimum Gasteiger partial charge on any atom is -0.308 e. The second-order valence-electron chi connectivity index (χ2n) is 4.80. The van der Waals surface area contributed by atoms with Crippen LogP contribution in [0, 0.1) is 0 Å². The lowest BCUT2D eigenvalue weighted by Crippen LogP contribution is -2.43. The normalized spacial score (nSPS) is 14.2. The Balaban J connectivity index is 3.14. The summed E-state index contributed by atoms with van der Waals surface area (Å²) < 4.78 is 27.7. The van der Waals surface area contributed by atoms with E-state index in [4.69, 9.17) is 11.6 Å². The van der Waals surface area contributed by atoms with Crippen molar-refractivity contribution in [1.29, 1.82) is 0 Å². The summed E-state index contributed by atoms with van der Waals surface area (Å²) >= 11 is 10.5. The summed E-state index contributed by atoms with van der Waals surface area (Å²) in [5.41, 5.74) is 0. The van der Waals surface area contributed by atoms with Crippen LogP contribution in [0.5, 0.6) is 0 Å². The van der Waals surface area contributed by atoms with Crippen LogP contribution in [0.3, 0.4) is 0 Å². The maximum Gasteiger partial charge on any atom is 0.245 e. The van der Waals surface area contributed by atoms with Crippen molar-refractivity contribution in [2.24, 2.45) is 0 Å². The van der Waals surface area contributed by atoms with Gasteiger partial charge in [0.15, 0.2) is 0 Å². The topological polar surface area (TPSA) is 40.6 Å². The number of alkyl halides is 1. The molecule has 116 valence electrons. The smallest absolute Gasteiger partial charge is 0.245 e. The maximum atomic E-state index is 12.8. The molecule has 0 saturated carbocycles. The highest BCUT2D eigenvalue weighted by Crippen LogP contribution is 2.34. The Labute approximate surface area is 138 Å². The van der Waals surface area contributed by atoms with Crippen LogP contribution >= 0.6 is 38.9 Å². The van der Waals surface area contributed by atoms with Gasteiger partial charge in [0.05, 0.1) is 9.67 Å². The van der Waals surface area contributed by atoms with Gasteiger partial charge in [0, 0.05) is 24.0 Å². The van der Waals surface area contributed by atoms with Crippen LogP contribution in [0.2, 0.25) is 0 Å². The van der Waals surface area contributed by atoms with E-state index in [0.29, 0.717) is 27.7 Å². The van der Waals surface area contributed by atoms with Crippen LogP contribution in [-0.2, 0) is 15.9 Å². The zero-order chi connectivity index (χ0) is 15.5. The molecular weight excluding hydrogens is 384 g/mol. The van der Waals surface area contributed by atoms with E-state index in [1.54, 1.807) is 6.07 Å². The third-order valence-electron chi connectivity index (χ3n) is 2.86. The van der Waals surface area contributed by atoms with Crippen molar-refractivity contribution in [3.05, 3.63) is 14.7 Å². The van der Waals surface area contributed by atoms with Crippen LogP contribution in [0.15, 0.2) is 14.7 Å². The Morgan fingerprint density at radius 2 is 2.05 bits per heavy atom. The fourth-order valence-electron chi connectivity index (χ4n) is 2.10. The molecule has 1 atom stereocenters. The van der Waals surface area contributed by atoms with Crippen LogP contribution in [0.25, 0.3) is 0 Å². The zero-order valence-electron chi connectivity index (χ0n) is 12.1. The van der Waals surface area contributed by atoms with E-state index in [9.17, 15) is 8.42 Å². The molecule has 0 saturated heterocycles. The number of likely N-dealkylation sites (N-methyl/N-ethyl adjacent to an activating group) is 2. The van der Waals surface area contributed by atoms with Gasteiger partial charge < -0.3 is 4.90 Å². The lowest BCUT2D eigenvalue weighted by molar-refractivity contribution is 0.271. The van der Waals surface area contributed by atoms with Crippen molar-refractivity contribution in [1.82, 2.24) is 9.21 Å². The molecule has 8 heteroatoms. The first-order chi connectivity index (χ1) is 9.23. The summed E-state index contributed by atoms with van der Waals surface area (Å²) in [7, 11) is 0.363. The molecule has 1 unspecified atom stereocenters. The quantitative estimate of drug-likeness (QED) is 0.656. The highest BCUT2D eigenvalue weighted by Gasteiger charge is 2.31. The van der Waals surface area contributed by atoms with Gasteiger partial charge in [-0.25, -0.2) is 8.42 Å². The zero-order valence-corrected chi connectivity index (χ0v) is 16.0. The molecule has 20 heavy (non-hydrogen) atoms. The summed E-state index contributed by atoms with van der Waals surface area (Å²) in [6.07, 6.45) is 0. The predicted molar refractivity (Wildman–Crippen MR) is 89.2 cm³/mol. The van der Waals surface area contributed by atoms with Crippen molar-refractivity contribution >= 4 is 48.9 Å². The highest BCUT2D eigenvalue weighted by atomic mass is 79.9. The number of hydrogen-bond acceptors (Lipinski definition) is 4. The van der Waals surface area contributed by atoms with Crippen molar-refractivity contribution < 1.29 is 8.42 Å². The van der Waals surface area contributed by atoms with Crippen molar-refractivity contribution in [2.75, 3.05) is 27.2 Å². The van der Waals surface area contributed by atoms with Gasteiger partial charge in [-0.05, 0) is 43.0 Å². The van der Waals surface area contributed by atoms with Gasteiger partial charge in [-0.15, -0.1) is 22.9 Å². The number of rotatable bonds is 7. The van der Waals surface area contributed by atoms with Gasteiger partial charge in [0.1, 0.15) is 4.90 Å². The first kappa shape index (κ1) is 18.4. The second kappa shape index (κ2) is 7.56. The number of thiophene rings is 1. The minimum absolute atomic E-state index is 0.0914. The lowest BCUT2D eigenvalue weighted by atomic mass is 10.3. The molecule has 4 nitrogen and oxygen atoms in total. The van der Waals surface area contributed by atoms with Gasteiger partial charge in [-0.1, -0.05) is 6.92 Å². The molecule has 1 heterocycles. The van der Waals surface area contributed by atoms with E-state index < -0.39 is 10.0 Å². The van der Waals surface area contributed by atoms with Crippen LogP contribution in [0.4, 0.5) is 0 Å². The van der Waals surface area contributed by atoms with E-state index in [-0.39, 0.29) is 6.04 Å². The Kier molecular flexibility index (Phi) is 6.95. The summed E-state index contributed by atoms with van der Waals surface area (Å²) in [6, 6.07) is 1.56. The minimum atomic E-state index is -3.50. The van der Waals surface area contributed by atoms with E-state index in [1.165, 1.54) is 15.6 Å². The SMILES string of the molecule is CCN(C(C)CN(C)C)S(=O)(=O)c1cc(CCl)sc1Br. The first-order valence-corrected chi connectivity index (χ1v) is 9.83. The lowest BCUT2D eigenvalue weighted by Gasteiger charge is -2.29. The fourth-order valence-corrected chi connectivity index (χ4v) is 6.46. The van der Waals surface area contributed by atoms with Crippen molar-refractivity contribution in [3.63, 3.8) is 0 Å². The fraction of sp³-hybridized carbons (Fsp3) is 0.667. The van der Waals surface area contributed by atoms with E-state index >= 15 is 0 Å². The van der Waals surface area contributed by atoms with E-state index in [1.807, 2.05) is 32.8 Å². The largest absolute Gasteiger partial charge is 0.308 e. The number of nitrogens with zero attached hydrogens (tertiary/aromatic N) is 2. The standard InChI is InChI=1S/C12H20BrClN2O2S2/c1-5-16(9(2)8-15(3)4)20(17,18)11-6-10(7-14)19-12(11)13/h6,9H,5,7-8H2,1-4H3. The maximum absolute atomic E-state index is 12.8. The van der Waals surface area contributed by atoms with Crippen LogP contribution in [0.1, 0.15) is 18.7 Å². The molecule has 1 rings (SSSR count). The average molecular weight is 404 g/mol. The molecule has 0 N–H and O–H groups in total. The molecule has 1 aromatic rings. The van der Waals surface area contributed by atoms with E-state index in [2.05, 4.69) is 15.9 Å². The van der Waals surface area contributed by atoms with Crippen molar-refractivity contribution in [2.45, 2.75) is 30.7 Å². The third-order valence-corrected chi connectivity index (χ3v) is 7.65. The van der Waals surface area contributed by atoms with Gasteiger partial charge in [-0.3, -0.25) is 0 Å². The predicted octanol–water partition coefficient (Wildman–Crippen LogP) is 3.21. The molecule has 0 aliphatic heterocycles. The van der Waals surface area contributed by atoms with Crippen LogP contribution in [-0.4, -0.2) is 50.8 Å². The molecule has 1 aromatic heterocycles. The summed E-state index contributed by atoms with van der Waals surface area (Å²) in [5.74, 6) is 0.318. The Morgan fingerprint density at radius 1 is 1.45 bits per heavy atom. The number of halogens is 2. The van der Waals surface area contributed by atoms with E-state index in [0.717, 1.165) is 4.88 Å². The van der Waals surface area contributed by atoms with Gasteiger partial charge in [0.2, 0.25) is 10.0 Å². The first-order valence-electron chi connectivity index (χ1n) is 6.24. The van der Waals surface area contributed by atoms with Gasteiger partial charge in [0.25, 0.3) is 0 Å². The molecule has 0 fully saturated rings. The molecule has 0 radical (unpaired) electrons. The van der Waals surface area contributed by atoms with Crippen molar-refractivity contribution in [3.8, 4) is 0 Å². The Hall–Kier alpha value is 0.340. The Bertz CT molecular complexity index is 546. The summed E-state index contributed by atoms with van der Waals surface area (Å²) in [4.78, 5) is 3.13. The molecule has 0 bridgehead atoms. The number of hydrogen-bond donors (Lipinski definition) is 0. The molecule has 0 aliphatic carbocycles. The number of sulfonamides is 1. The van der Waals surface area contributed by atoms with Gasteiger partial charge >= 0.3 is 0 Å².